The van der Waals surface area contributed by atoms with E-state index in [9.17, 15) is 0 Å². The summed E-state index contributed by atoms with van der Waals surface area (Å²) in [5, 5.41) is 4.33. The van der Waals surface area contributed by atoms with Gasteiger partial charge in [-0.2, -0.15) is 0 Å². The fraction of sp³-hybridized carbons (Fsp3) is 0.647. The van der Waals surface area contributed by atoms with Crippen LogP contribution in [0.25, 0.3) is 0 Å². The van der Waals surface area contributed by atoms with E-state index < -0.39 is 0 Å². The van der Waals surface area contributed by atoms with Crippen LogP contribution < -0.4 is 5.32 Å². The molecule has 1 aliphatic rings. The van der Waals surface area contributed by atoms with Crippen molar-refractivity contribution in [3.05, 3.63) is 34.9 Å². The van der Waals surface area contributed by atoms with Crippen molar-refractivity contribution in [2.24, 2.45) is 11.8 Å². The van der Waals surface area contributed by atoms with Gasteiger partial charge in [0, 0.05) is 24.2 Å². The Morgan fingerprint density at radius 1 is 1.25 bits per heavy atom. The fourth-order valence-corrected chi connectivity index (χ4v) is 2.36. The second-order valence-corrected chi connectivity index (χ2v) is 6.68. The summed E-state index contributed by atoms with van der Waals surface area (Å²) in [6.45, 7) is 7.16. The second-order valence-electron chi connectivity index (χ2n) is 6.24. The largest absolute Gasteiger partial charge is 0.381 e. The average molecular weight is 296 g/mol. The van der Waals surface area contributed by atoms with Gasteiger partial charge in [0.2, 0.25) is 0 Å². The first-order valence-corrected chi connectivity index (χ1v) is 8.07. The van der Waals surface area contributed by atoms with Gasteiger partial charge in [0.05, 0.1) is 6.61 Å². The van der Waals surface area contributed by atoms with Crippen LogP contribution in [0.5, 0.6) is 0 Å². The molecule has 0 spiro atoms. The van der Waals surface area contributed by atoms with Crippen molar-refractivity contribution in [3.8, 4) is 0 Å². The summed E-state index contributed by atoms with van der Waals surface area (Å²) in [6, 6.07) is 8.69. The first kappa shape index (κ1) is 15.8. The highest BCUT2D eigenvalue weighted by Crippen LogP contribution is 2.29. The van der Waals surface area contributed by atoms with Crippen LogP contribution in [-0.2, 0) is 11.2 Å². The van der Waals surface area contributed by atoms with E-state index in [-0.39, 0.29) is 0 Å². The number of nitrogens with one attached hydrogen (secondary N) is 1. The summed E-state index contributed by atoms with van der Waals surface area (Å²) in [4.78, 5) is 0. The van der Waals surface area contributed by atoms with E-state index in [1.165, 1.54) is 18.4 Å². The molecule has 2 rings (SSSR count). The van der Waals surface area contributed by atoms with Crippen molar-refractivity contribution in [1.29, 1.82) is 0 Å². The van der Waals surface area contributed by atoms with Crippen molar-refractivity contribution in [2.75, 3.05) is 19.8 Å². The third-order valence-electron chi connectivity index (χ3n) is 3.66. The maximum atomic E-state index is 5.94. The third-order valence-corrected chi connectivity index (χ3v) is 3.91. The fourth-order valence-electron chi connectivity index (χ4n) is 2.23. The Labute approximate surface area is 127 Å². The van der Waals surface area contributed by atoms with Crippen LogP contribution in [0.15, 0.2) is 24.3 Å². The summed E-state index contributed by atoms with van der Waals surface area (Å²) < 4.78 is 5.88. The molecule has 112 valence electrons. The molecule has 1 aliphatic carbocycles. The van der Waals surface area contributed by atoms with Gasteiger partial charge in [-0.05, 0) is 48.8 Å². The van der Waals surface area contributed by atoms with Gasteiger partial charge in [-0.25, -0.2) is 0 Å². The molecule has 0 aromatic heterocycles. The number of hydrogen-bond acceptors (Lipinski definition) is 2. The van der Waals surface area contributed by atoms with Crippen molar-refractivity contribution in [1.82, 2.24) is 5.32 Å². The number of rotatable bonds is 9. The van der Waals surface area contributed by atoms with Crippen LogP contribution >= 0.6 is 11.6 Å². The molecule has 1 fully saturated rings. The van der Waals surface area contributed by atoms with Gasteiger partial charge in [0.1, 0.15) is 0 Å². The normalized spacial score (nSPS) is 16.6. The summed E-state index contributed by atoms with van der Waals surface area (Å²) in [5.41, 5.74) is 1.33. The van der Waals surface area contributed by atoms with Crippen LogP contribution in [0, 0.1) is 11.8 Å². The quantitative estimate of drug-likeness (QED) is 0.745. The van der Waals surface area contributed by atoms with Gasteiger partial charge >= 0.3 is 0 Å². The molecule has 1 unspecified atom stereocenters. The summed E-state index contributed by atoms with van der Waals surface area (Å²) in [7, 11) is 0. The highest BCUT2D eigenvalue weighted by atomic mass is 35.5. The topological polar surface area (TPSA) is 21.3 Å². The first-order valence-electron chi connectivity index (χ1n) is 7.69. The van der Waals surface area contributed by atoms with Crippen LogP contribution in [0.2, 0.25) is 5.02 Å². The molecule has 0 aliphatic heterocycles. The zero-order chi connectivity index (χ0) is 14.4. The second kappa shape index (κ2) is 8.02. The lowest BCUT2D eigenvalue weighted by Gasteiger charge is -2.19. The Morgan fingerprint density at radius 2 is 1.95 bits per heavy atom. The third kappa shape index (κ3) is 6.25. The Bertz CT molecular complexity index is 386. The highest BCUT2D eigenvalue weighted by Gasteiger charge is 2.22. The number of ether oxygens (including phenoxy) is 1. The number of halogens is 1. The van der Waals surface area contributed by atoms with Crippen LogP contribution in [0.4, 0.5) is 0 Å². The lowest BCUT2D eigenvalue weighted by molar-refractivity contribution is 0.0901. The van der Waals surface area contributed by atoms with E-state index in [0.717, 1.165) is 37.1 Å². The van der Waals surface area contributed by atoms with E-state index in [1.807, 2.05) is 12.1 Å². The van der Waals surface area contributed by atoms with Gasteiger partial charge in [-0.1, -0.05) is 37.6 Å². The molecule has 1 N–H and O–H groups in total. The van der Waals surface area contributed by atoms with Crippen molar-refractivity contribution in [3.63, 3.8) is 0 Å². The SMILES string of the molecule is CC(C)NCC(COCC1CC1)Cc1ccc(Cl)cc1. The molecular formula is C17H26ClNO. The van der Waals surface area contributed by atoms with Gasteiger partial charge in [0.15, 0.2) is 0 Å². The van der Waals surface area contributed by atoms with E-state index in [1.54, 1.807) is 0 Å². The molecule has 1 saturated carbocycles. The monoisotopic (exact) mass is 295 g/mol. The minimum absolute atomic E-state index is 0.520. The molecule has 0 radical (unpaired) electrons. The molecule has 20 heavy (non-hydrogen) atoms. The maximum Gasteiger partial charge on any atom is 0.0509 e. The first-order chi connectivity index (χ1) is 9.63. The Morgan fingerprint density at radius 3 is 2.55 bits per heavy atom. The van der Waals surface area contributed by atoms with E-state index in [2.05, 4.69) is 31.3 Å². The molecule has 2 nitrogen and oxygen atoms in total. The molecule has 0 heterocycles. The maximum absolute atomic E-state index is 5.94. The van der Waals surface area contributed by atoms with Gasteiger partial charge in [-0.3, -0.25) is 0 Å². The molecule has 0 amide bonds. The van der Waals surface area contributed by atoms with Gasteiger partial charge in [-0.15, -0.1) is 0 Å². The summed E-state index contributed by atoms with van der Waals surface area (Å²) in [5.74, 6) is 1.36. The van der Waals surface area contributed by atoms with Crippen LogP contribution in [-0.4, -0.2) is 25.8 Å². The van der Waals surface area contributed by atoms with E-state index in [0.29, 0.717) is 12.0 Å². The minimum Gasteiger partial charge on any atom is -0.381 e. The molecule has 1 aromatic rings. The van der Waals surface area contributed by atoms with Crippen molar-refractivity contribution < 1.29 is 4.74 Å². The summed E-state index contributed by atoms with van der Waals surface area (Å²) in [6.07, 6.45) is 3.75. The zero-order valence-corrected chi connectivity index (χ0v) is 13.3. The summed E-state index contributed by atoms with van der Waals surface area (Å²) >= 11 is 5.94. The lowest BCUT2D eigenvalue weighted by atomic mass is 10.00. The van der Waals surface area contributed by atoms with Crippen LogP contribution in [0.3, 0.4) is 0 Å². The molecule has 1 aromatic carbocycles. The number of benzene rings is 1. The van der Waals surface area contributed by atoms with E-state index in [4.69, 9.17) is 16.3 Å². The molecular weight excluding hydrogens is 270 g/mol. The van der Waals surface area contributed by atoms with Crippen molar-refractivity contribution in [2.45, 2.75) is 39.2 Å². The Kier molecular flexibility index (Phi) is 6.34. The standard InChI is InChI=1S/C17H26ClNO/c1-13(2)19-10-16(12-20-11-15-3-4-15)9-14-5-7-17(18)8-6-14/h5-8,13,15-16,19H,3-4,9-12H2,1-2H3. The Balaban J connectivity index is 1.80. The predicted octanol–water partition coefficient (Wildman–Crippen LogP) is 3.92. The zero-order valence-electron chi connectivity index (χ0n) is 12.6. The van der Waals surface area contributed by atoms with E-state index >= 15 is 0 Å². The Hall–Kier alpha value is -0.570. The van der Waals surface area contributed by atoms with Gasteiger partial charge < -0.3 is 10.1 Å². The average Bonchev–Trinajstić information content (AvgIpc) is 3.22. The molecule has 1 atom stereocenters. The van der Waals surface area contributed by atoms with Crippen molar-refractivity contribution >= 4 is 11.6 Å². The predicted molar refractivity (Wildman–Crippen MR) is 85.3 cm³/mol. The lowest BCUT2D eigenvalue weighted by Crippen LogP contribution is -2.32. The highest BCUT2D eigenvalue weighted by molar-refractivity contribution is 6.30. The number of hydrogen-bond donors (Lipinski definition) is 1. The van der Waals surface area contributed by atoms with Crippen LogP contribution in [0.1, 0.15) is 32.3 Å². The molecule has 0 saturated heterocycles. The molecule has 3 heteroatoms. The minimum atomic E-state index is 0.520. The molecule has 0 bridgehead atoms. The van der Waals surface area contributed by atoms with Gasteiger partial charge in [0.25, 0.3) is 0 Å². The smallest absolute Gasteiger partial charge is 0.0509 e.